The van der Waals surface area contributed by atoms with Gasteiger partial charge in [0.25, 0.3) is 0 Å². The van der Waals surface area contributed by atoms with Gasteiger partial charge in [0, 0.05) is 5.54 Å². The summed E-state index contributed by atoms with van der Waals surface area (Å²) in [5.74, 6) is 0.684. The van der Waals surface area contributed by atoms with Gasteiger partial charge in [-0.2, -0.15) is 0 Å². The summed E-state index contributed by atoms with van der Waals surface area (Å²) in [7, 11) is 0. The van der Waals surface area contributed by atoms with Gasteiger partial charge in [-0.05, 0) is 52.3 Å². The summed E-state index contributed by atoms with van der Waals surface area (Å²) in [6.45, 7) is 10.0. The minimum Gasteiger partial charge on any atom is -0.350 e. The molecule has 0 bridgehead atoms. The van der Waals surface area contributed by atoms with Crippen molar-refractivity contribution in [1.82, 2.24) is 14.9 Å². The normalized spacial score (nSPS) is 13.4. The van der Waals surface area contributed by atoms with Crippen molar-refractivity contribution in [2.75, 3.05) is 0 Å². The van der Waals surface area contributed by atoms with E-state index in [-0.39, 0.29) is 23.4 Å². The van der Waals surface area contributed by atoms with Crippen LogP contribution in [0.15, 0.2) is 18.2 Å². The minimum absolute atomic E-state index is 0.0399. The van der Waals surface area contributed by atoms with E-state index >= 15 is 0 Å². The molecule has 2 rings (SSSR count). The maximum absolute atomic E-state index is 12.2. The molecule has 1 heterocycles. The van der Waals surface area contributed by atoms with Crippen LogP contribution in [-0.4, -0.2) is 21.0 Å². The van der Waals surface area contributed by atoms with Crippen LogP contribution in [0.3, 0.4) is 0 Å². The lowest BCUT2D eigenvalue weighted by Crippen LogP contribution is -2.42. The first kappa shape index (κ1) is 15.8. The molecule has 1 aromatic heterocycles. The second-order valence-corrected chi connectivity index (χ2v) is 7.12. The molecule has 0 aliphatic rings. The van der Waals surface area contributed by atoms with Crippen molar-refractivity contribution in [2.45, 2.75) is 52.1 Å². The molecule has 1 amide bonds. The van der Waals surface area contributed by atoms with Gasteiger partial charge >= 0.3 is 0 Å². The number of rotatable bonds is 3. The topological polar surface area (TPSA) is 46.9 Å². The first-order valence-corrected chi connectivity index (χ1v) is 7.53. The number of fused-ring (bicyclic) bond motifs is 1. The van der Waals surface area contributed by atoms with E-state index in [1.807, 2.05) is 57.4 Å². The maximum Gasteiger partial charge on any atom is 0.240 e. The number of halogens is 1. The standard InChI is InChI=1S/C16H22ClN3O/c1-10-6-7-12-13(8-10)20(15(18-12)11(2)17)9-14(21)19-16(3,4)5/h6-8,11H,9H2,1-5H3,(H,19,21). The van der Waals surface area contributed by atoms with Gasteiger partial charge < -0.3 is 9.88 Å². The molecule has 0 saturated heterocycles. The molecule has 0 aliphatic carbocycles. The summed E-state index contributed by atoms with van der Waals surface area (Å²) >= 11 is 6.22. The summed E-state index contributed by atoms with van der Waals surface area (Å²) in [4.78, 5) is 16.8. The quantitative estimate of drug-likeness (QED) is 0.881. The number of alkyl halides is 1. The minimum atomic E-state index is -0.254. The lowest BCUT2D eigenvalue weighted by Gasteiger charge is -2.21. The van der Waals surface area contributed by atoms with Crippen LogP contribution in [0.1, 0.15) is 44.5 Å². The van der Waals surface area contributed by atoms with E-state index in [4.69, 9.17) is 11.6 Å². The molecule has 2 aromatic rings. The first-order chi connectivity index (χ1) is 9.67. The fourth-order valence-electron chi connectivity index (χ4n) is 2.32. The van der Waals surface area contributed by atoms with Gasteiger partial charge in [-0.3, -0.25) is 4.79 Å². The Bertz CT molecular complexity index is 668. The van der Waals surface area contributed by atoms with Crippen LogP contribution in [0.4, 0.5) is 0 Å². The Morgan fingerprint density at radius 2 is 2.10 bits per heavy atom. The number of carbonyl (C=O) groups excluding carboxylic acids is 1. The third-order valence-corrected chi connectivity index (χ3v) is 3.30. The highest BCUT2D eigenvalue weighted by molar-refractivity contribution is 6.20. The number of hydrogen-bond donors (Lipinski definition) is 1. The van der Waals surface area contributed by atoms with Crippen LogP contribution in [0.5, 0.6) is 0 Å². The monoisotopic (exact) mass is 307 g/mol. The number of benzene rings is 1. The molecule has 1 aromatic carbocycles. The Morgan fingerprint density at radius 1 is 1.43 bits per heavy atom. The number of nitrogens with one attached hydrogen (secondary N) is 1. The van der Waals surface area contributed by atoms with Crippen molar-refractivity contribution >= 4 is 28.5 Å². The van der Waals surface area contributed by atoms with E-state index in [1.54, 1.807) is 0 Å². The number of hydrogen-bond acceptors (Lipinski definition) is 2. The number of aryl methyl sites for hydroxylation is 1. The van der Waals surface area contributed by atoms with Crippen LogP contribution in [0.2, 0.25) is 0 Å². The van der Waals surface area contributed by atoms with Crippen LogP contribution in [0, 0.1) is 6.92 Å². The van der Waals surface area contributed by atoms with Gasteiger partial charge in [-0.15, -0.1) is 11.6 Å². The van der Waals surface area contributed by atoms with Crippen molar-refractivity contribution in [2.24, 2.45) is 0 Å². The molecule has 1 unspecified atom stereocenters. The molecule has 0 spiro atoms. The lowest BCUT2D eigenvalue weighted by atomic mass is 10.1. The zero-order chi connectivity index (χ0) is 15.8. The van der Waals surface area contributed by atoms with E-state index < -0.39 is 0 Å². The average molecular weight is 308 g/mol. The number of carbonyl (C=O) groups is 1. The second kappa shape index (κ2) is 5.68. The van der Waals surface area contributed by atoms with Crippen LogP contribution in [-0.2, 0) is 11.3 Å². The van der Waals surface area contributed by atoms with Gasteiger partial charge in [-0.1, -0.05) is 6.07 Å². The number of aromatic nitrogens is 2. The van der Waals surface area contributed by atoms with Crippen LogP contribution < -0.4 is 5.32 Å². The van der Waals surface area contributed by atoms with Gasteiger partial charge in [0.05, 0.1) is 16.4 Å². The molecule has 1 atom stereocenters. The highest BCUT2D eigenvalue weighted by atomic mass is 35.5. The summed E-state index contributed by atoms with van der Waals surface area (Å²) in [6.07, 6.45) is 0. The maximum atomic E-state index is 12.2. The Morgan fingerprint density at radius 3 is 2.67 bits per heavy atom. The number of nitrogens with zero attached hydrogens (tertiary/aromatic N) is 2. The zero-order valence-corrected chi connectivity index (χ0v) is 14.0. The van der Waals surface area contributed by atoms with E-state index in [1.165, 1.54) is 0 Å². The number of amides is 1. The van der Waals surface area contributed by atoms with E-state index in [2.05, 4.69) is 10.3 Å². The van der Waals surface area contributed by atoms with E-state index in [9.17, 15) is 4.79 Å². The molecule has 0 radical (unpaired) electrons. The SMILES string of the molecule is Cc1ccc2nc(C(C)Cl)n(CC(=O)NC(C)(C)C)c2c1. The summed E-state index contributed by atoms with van der Waals surface area (Å²) in [5, 5.41) is 2.72. The predicted octanol–water partition coefficient (Wildman–Crippen LogP) is 3.56. The molecule has 114 valence electrons. The molecule has 5 heteroatoms. The Balaban J connectivity index is 2.43. The predicted molar refractivity (Wildman–Crippen MR) is 86.6 cm³/mol. The molecule has 0 aliphatic heterocycles. The molecule has 1 N–H and O–H groups in total. The second-order valence-electron chi connectivity index (χ2n) is 6.46. The third kappa shape index (κ3) is 3.76. The van der Waals surface area contributed by atoms with Gasteiger partial charge in [0.1, 0.15) is 12.4 Å². The van der Waals surface area contributed by atoms with E-state index in [0.717, 1.165) is 22.4 Å². The highest BCUT2D eigenvalue weighted by Gasteiger charge is 2.19. The fraction of sp³-hybridized carbons (Fsp3) is 0.500. The molecule has 0 saturated carbocycles. The summed E-state index contributed by atoms with van der Waals surface area (Å²) in [5.41, 5.74) is 2.69. The van der Waals surface area contributed by atoms with Gasteiger partial charge in [-0.25, -0.2) is 4.98 Å². The zero-order valence-electron chi connectivity index (χ0n) is 13.2. The molecule has 0 fully saturated rings. The van der Waals surface area contributed by atoms with Gasteiger partial charge in [0.15, 0.2) is 0 Å². The molecule has 4 nitrogen and oxygen atoms in total. The van der Waals surface area contributed by atoms with Crippen molar-refractivity contribution < 1.29 is 4.79 Å². The third-order valence-electron chi connectivity index (χ3n) is 3.11. The Labute approximate surface area is 130 Å². The first-order valence-electron chi connectivity index (χ1n) is 7.09. The summed E-state index contributed by atoms with van der Waals surface area (Å²) in [6, 6.07) is 6.01. The highest BCUT2D eigenvalue weighted by Crippen LogP contribution is 2.25. The Kier molecular flexibility index (Phi) is 4.28. The van der Waals surface area contributed by atoms with Gasteiger partial charge in [0.2, 0.25) is 5.91 Å². The summed E-state index contributed by atoms with van der Waals surface area (Å²) < 4.78 is 1.90. The van der Waals surface area contributed by atoms with Crippen LogP contribution in [0.25, 0.3) is 11.0 Å². The number of imidazole rings is 1. The Hall–Kier alpha value is -1.55. The van der Waals surface area contributed by atoms with Crippen molar-refractivity contribution in [3.8, 4) is 0 Å². The van der Waals surface area contributed by atoms with Crippen molar-refractivity contribution in [1.29, 1.82) is 0 Å². The fourth-order valence-corrected chi connectivity index (χ4v) is 2.49. The van der Waals surface area contributed by atoms with Crippen LogP contribution >= 0.6 is 11.6 Å². The smallest absolute Gasteiger partial charge is 0.240 e. The average Bonchev–Trinajstić information content (AvgIpc) is 2.65. The molecular weight excluding hydrogens is 286 g/mol. The lowest BCUT2D eigenvalue weighted by molar-refractivity contribution is -0.123. The largest absolute Gasteiger partial charge is 0.350 e. The van der Waals surface area contributed by atoms with Crippen molar-refractivity contribution in [3.63, 3.8) is 0 Å². The molecule has 21 heavy (non-hydrogen) atoms. The van der Waals surface area contributed by atoms with E-state index in [0.29, 0.717) is 0 Å². The molecular formula is C16H22ClN3O. The van der Waals surface area contributed by atoms with Crippen molar-refractivity contribution in [3.05, 3.63) is 29.6 Å².